The van der Waals surface area contributed by atoms with Gasteiger partial charge < -0.3 is 4.74 Å². The van der Waals surface area contributed by atoms with E-state index in [2.05, 4.69) is 5.10 Å². The van der Waals surface area contributed by atoms with Crippen molar-refractivity contribution in [2.75, 3.05) is 13.7 Å². The maximum absolute atomic E-state index is 13.0. The molecule has 0 aliphatic carbocycles. The fourth-order valence-corrected chi connectivity index (χ4v) is 5.00. The summed E-state index contributed by atoms with van der Waals surface area (Å²) >= 11 is 0. The Labute approximate surface area is 145 Å². The number of ether oxygens (including phenoxy) is 1. The lowest BCUT2D eigenvalue weighted by Crippen LogP contribution is -2.31. The summed E-state index contributed by atoms with van der Waals surface area (Å²) in [4.78, 5) is -0.173. The van der Waals surface area contributed by atoms with Crippen molar-refractivity contribution in [1.29, 1.82) is 0 Å². The number of halogens is 2. The molecule has 1 aliphatic heterocycles. The summed E-state index contributed by atoms with van der Waals surface area (Å²) in [5.41, 5.74) is 0.788. The minimum Gasteiger partial charge on any atom is -0.497 e. The Morgan fingerprint density at radius 1 is 1.28 bits per heavy atom. The van der Waals surface area contributed by atoms with E-state index < -0.39 is 16.6 Å². The molecule has 1 aromatic carbocycles. The smallest absolute Gasteiger partial charge is 0.333 e. The first-order chi connectivity index (χ1) is 11.9. The minimum atomic E-state index is -3.91. The molecule has 1 atom stereocenters. The molecule has 1 aromatic heterocycles. The molecule has 0 saturated carbocycles. The Morgan fingerprint density at radius 3 is 2.52 bits per heavy atom. The van der Waals surface area contributed by atoms with Gasteiger partial charge in [0.05, 0.1) is 25.0 Å². The zero-order valence-corrected chi connectivity index (χ0v) is 14.7. The predicted octanol–water partition coefficient (Wildman–Crippen LogP) is 3.12. The second kappa shape index (κ2) is 6.72. The van der Waals surface area contributed by atoms with Crippen molar-refractivity contribution in [2.45, 2.75) is 37.3 Å². The number of sulfonamides is 1. The largest absolute Gasteiger partial charge is 0.497 e. The summed E-state index contributed by atoms with van der Waals surface area (Å²) < 4.78 is 58.7. The number of benzene rings is 1. The van der Waals surface area contributed by atoms with Gasteiger partial charge in [-0.15, -0.1) is 0 Å². The van der Waals surface area contributed by atoms with Gasteiger partial charge in [-0.1, -0.05) is 12.1 Å². The summed E-state index contributed by atoms with van der Waals surface area (Å²) in [6, 6.07) is 6.88. The van der Waals surface area contributed by atoms with Crippen LogP contribution in [0.3, 0.4) is 0 Å². The molecule has 136 valence electrons. The van der Waals surface area contributed by atoms with Crippen molar-refractivity contribution in [2.24, 2.45) is 0 Å². The first kappa shape index (κ1) is 17.8. The Morgan fingerprint density at radius 2 is 1.96 bits per heavy atom. The van der Waals surface area contributed by atoms with Crippen LogP contribution in [0.15, 0.2) is 35.4 Å². The standard InChI is InChI=1S/C16H19F2N3O3S/c1-11-15(10-19-21(11)16(17)18)25(22,23)20-9-3-4-14(20)12-5-7-13(24-2)8-6-12/h5-8,10,14,16H,3-4,9H2,1-2H3/t14-/m0/s1. The molecular formula is C16H19F2N3O3S. The highest BCUT2D eigenvalue weighted by Crippen LogP contribution is 2.37. The van der Waals surface area contributed by atoms with E-state index in [-0.39, 0.29) is 16.6 Å². The summed E-state index contributed by atoms with van der Waals surface area (Å²) in [6.45, 7) is -1.19. The maximum atomic E-state index is 13.0. The highest BCUT2D eigenvalue weighted by Gasteiger charge is 2.38. The van der Waals surface area contributed by atoms with Crippen molar-refractivity contribution in [1.82, 2.24) is 14.1 Å². The third-order valence-corrected chi connectivity index (χ3v) is 6.49. The Hall–Kier alpha value is -2.00. The quantitative estimate of drug-likeness (QED) is 0.810. The summed E-state index contributed by atoms with van der Waals surface area (Å²) in [5, 5.41) is 3.52. The van der Waals surface area contributed by atoms with Crippen LogP contribution in [0.4, 0.5) is 8.78 Å². The van der Waals surface area contributed by atoms with E-state index in [0.717, 1.165) is 11.8 Å². The molecule has 1 saturated heterocycles. The van der Waals surface area contributed by atoms with E-state index in [4.69, 9.17) is 4.74 Å². The van der Waals surface area contributed by atoms with Crippen molar-refractivity contribution in [3.8, 4) is 5.75 Å². The molecule has 9 heteroatoms. The number of methoxy groups -OCH3 is 1. The van der Waals surface area contributed by atoms with Gasteiger partial charge in [-0.2, -0.15) is 18.2 Å². The molecule has 0 unspecified atom stereocenters. The van der Waals surface area contributed by atoms with Gasteiger partial charge in [0.1, 0.15) is 10.6 Å². The number of alkyl halides is 2. The van der Waals surface area contributed by atoms with Crippen LogP contribution < -0.4 is 4.74 Å². The van der Waals surface area contributed by atoms with Crippen LogP contribution in [0, 0.1) is 6.92 Å². The third-order valence-electron chi connectivity index (χ3n) is 4.48. The van der Waals surface area contributed by atoms with Crippen molar-refractivity contribution < 1.29 is 21.9 Å². The van der Waals surface area contributed by atoms with Gasteiger partial charge in [-0.05, 0) is 37.5 Å². The zero-order chi connectivity index (χ0) is 18.2. The number of hydrogen-bond acceptors (Lipinski definition) is 4. The minimum absolute atomic E-state index is 0.0598. The first-order valence-electron chi connectivity index (χ1n) is 7.84. The molecule has 1 fully saturated rings. The lowest BCUT2D eigenvalue weighted by atomic mass is 10.1. The van der Waals surface area contributed by atoms with E-state index in [1.54, 1.807) is 19.2 Å². The molecule has 0 spiro atoms. The van der Waals surface area contributed by atoms with E-state index in [1.165, 1.54) is 11.2 Å². The van der Waals surface area contributed by atoms with Crippen LogP contribution in [0.5, 0.6) is 5.75 Å². The van der Waals surface area contributed by atoms with E-state index >= 15 is 0 Å². The van der Waals surface area contributed by atoms with Crippen LogP contribution in [0.2, 0.25) is 0 Å². The Bertz CT molecular complexity index is 850. The van der Waals surface area contributed by atoms with Crippen molar-refractivity contribution in [3.63, 3.8) is 0 Å². The fourth-order valence-electron chi connectivity index (χ4n) is 3.17. The number of aromatic nitrogens is 2. The van der Waals surface area contributed by atoms with Gasteiger partial charge in [0.25, 0.3) is 0 Å². The Kier molecular flexibility index (Phi) is 4.79. The lowest BCUT2D eigenvalue weighted by molar-refractivity contribution is 0.0541. The number of rotatable bonds is 5. The lowest BCUT2D eigenvalue weighted by Gasteiger charge is -2.24. The van der Waals surface area contributed by atoms with Crippen LogP contribution in [0.25, 0.3) is 0 Å². The molecule has 2 heterocycles. The fraction of sp³-hybridized carbons (Fsp3) is 0.438. The molecule has 0 N–H and O–H groups in total. The molecule has 0 bridgehead atoms. The van der Waals surface area contributed by atoms with Gasteiger partial charge in [0, 0.05) is 6.54 Å². The highest BCUT2D eigenvalue weighted by molar-refractivity contribution is 7.89. The molecule has 0 amide bonds. The van der Waals surface area contributed by atoms with Crippen LogP contribution in [-0.4, -0.2) is 36.2 Å². The van der Waals surface area contributed by atoms with Crippen LogP contribution in [0.1, 0.15) is 36.7 Å². The van der Waals surface area contributed by atoms with Gasteiger partial charge in [-0.3, -0.25) is 0 Å². The van der Waals surface area contributed by atoms with Gasteiger partial charge in [0.15, 0.2) is 0 Å². The third kappa shape index (κ3) is 3.13. The highest BCUT2D eigenvalue weighted by atomic mass is 32.2. The molecular weight excluding hydrogens is 352 g/mol. The summed E-state index contributed by atoms with van der Waals surface area (Å²) in [7, 11) is -2.35. The summed E-state index contributed by atoms with van der Waals surface area (Å²) in [6.07, 6.45) is 2.38. The topological polar surface area (TPSA) is 64.4 Å². The first-order valence-corrected chi connectivity index (χ1v) is 9.28. The average Bonchev–Trinajstić information content (AvgIpc) is 3.22. The number of nitrogens with zero attached hydrogens (tertiary/aromatic N) is 3. The van der Waals surface area contributed by atoms with Gasteiger partial charge in [0.2, 0.25) is 10.0 Å². The predicted molar refractivity (Wildman–Crippen MR) is 87.1 cm³/mol. The van der Waals surface area contributed by atoms with Crippen LogP contribution >= 0.6 is 0 Å². The number of hydrogen-bond donors (Lipinski definition) is 0. The average molecular weight is 371 g/mol. The molecule has 3 rings (SSSR count). The zero-order valence-electron chi connectivity index (χ0n) is 13.9. The van der Waals surface area contributed by atoms with E-state index in [9.17, 15) is 17.2 Å². The van der Waals surface area contributed by atoms with E-state index in [0.29, 0.717) is 29.8 Å². The van der Waals surface area contributed by atoms with Crippen LogP contribution in [-0.2, 0) is 10.0 Å². The normalized spacial score (nSPS) is 18.8. The maximum Gasteiger partial charge on any atom is 0.333 e. The molecule has 1 aliphatic rings. The molecule has 6 nitrogen and oxygen atoms in total. The van der Waals surface area contributed by atoms with Gasteiger partial charge >= 0.3 is 6.55 Å². The van der Waals surface area contributed by atoms with Crippen molar-refractivity contribution >= 4 is 10.0 Å². The second-order valence-corrected chi connectivity index (χ2v) is 7.72. The summed E-state index contributed by atoms with van der Waals surface area (Å²) in [5.74, 6) is 0.685. The molecule has 2 aromatic rings. The molecule has 25 heavy (non-hydrogen) atoms. The van der Waals surface area contributed by atoms with Crippen molar-refractivity contribution in [3.05, 3.63) is 41.7 Å². The monoisotopic (exact) mass is 371 g/mol. The van der Waals surface area contributed by atoms with Gasteiger partial charge in [-0.25, -0.2) is 13.1 Å². The Balaban J connectivity index is 1.95. The SMILES string of the molecule is COc1ccc([C@@H]2CCCN2S(=O)(=O)c2cnn(C(F)F)c2C)cc1. The molecule has 0 radical (unpaired) electrons. The second-order valence-electron chi connectivity index (χ2n) is 5.86. The van der Waals surface area contributed by atoms with E-state index in [1.807, 2.05) is 12.1 Å².